The van der Waals surface area contributed by atoms with E-state index in [4.69, 9.17) is 15.2 Å². The molecule has 0 spiro atoms. The van der Waals surface area contributed by atoms with E-state index in [1.165, 1.54) is 6.07 Å². The van der Waals surface area contributed by atoms with Crippen molar-refractivity contribution in [2.24, 2.45) is 0 Å². The predicted octanol–water partition coefficient (Wildman–Crippen LogP) is 1.36. The van der Waals surface area contributed by atoms with E-state index in [9.17, 15) is 8.42 Å². The molecular weight excluding hydrogens is 348 g/mol. The van der Waals surface area contributed by atoms with Gasteiger partial charge < -0.3 is 15.2 Å². The number of hydrogen-bond acceptors (Lipinski definition) is 5. The van der Waals surface area contributed by atoms with Crippen LogP contribution in [0.2, 0.25) is 0 Å². The molecule has 20 heavy (non-hydrogen) atoms. The molecule has 1 rings (SSSR count). The highest BCUT2D eigenvalue weighted by Gasteiger charge is 2.17. The van der Waals surface area contributed by atoms with Crippen LogP contribution in [-0.2, 0) is 19.5 Å². The van der Waals surface area contributed by atoms with Crippen molar-refractivity contribution >= 4 is 31.6 Å². The van der Waals surface area contributed by atoms with Crippen LogP contribution in [0.25, 0.3) is 0 Å². The molecule has 0 radical (unpaired) electrons. The number of nitrogens with one attached hydrogen (secondary N) is 1. The average Bonchev–Trinajstić information content (AvgIpc) is 2.40. The summed E-state index contributed by atoms with van der Waals surface area (Å²) in [6, 6.07) is 4.66. The summed E-state index contributed by atoms with van der Waals surface area (Å²) in [7, 11) is -1.97. The van der Waals surface area contributed by atoms with Gasteiger partial charge in [0.1, 0.15) is 0 Å². The van der Waals surface area contributed by atoms with Crippen LogP contribution in [0.4, 0.5) is 5.69 Å². The van der Waals surface area contributed by atoms with E-state index in [-0.39, 0.29) is 4.90 Å². The molecule has 1 aromatic rings. The third-order valence-electron chi connectivity index (χ3n) is 2.43. The van der Waals surface area contributed by atoms with E-state index >= 15 is 0 Å². The van der Waals surface area contributed by atoms with Gasteiger partial charge in [-0.1, -0.05) is 0 Å². The summed E-state index contributed by atoms with van der Waals surface area (Å²) in [4.78, 5) is 0.137. The highest BCUT2D eigenvalue weighted by atomic mass is 79.9. The van der Waals surface area contributed by atoms with Crippen LogP contribution < -0.4 is 10.5 Å². The maximum atomic E-state index is 12.1. The number of halogens is 1. The Balaban J connectivity index is 2.44. The van der Waals surface area contributed by atoms with Gasteiger partial charge in [-0.05, 0) is 40.5 Å². The molecule has 6 nitrogen and oxygen atoms in total. The normalized spacial score (nSPS) is 11.7. The molecular formula is C12H19BrN2O4S. The lowest BCUT2D eigenvalue weighted by Gasteiger charge is -2.09. The van der Waals surface area contributed by atoms with Gasteiger partial charge in [0.15, 0.2) is 0 Å². The summed E-state index contributed by atoms with van der Waals surface area (Å²) < 4.78 is 37.2. The van der Waals surface area contributed by atoms with Crippen molar-refractivity contribution in [2.75, 3.05) is 39.2 Å². The van der Waals surface area contributed by atoms with Crippen molar-refractivity contribution in [3.63, 3.8) is 0 Å². The molecule has 0 aliphatic heterocycles. The van der Waals surface area contributed by atoms with Gasteiger partial charge in [-0.15, -0.1) is 0 Å². The van der Waals surface area contributed by atoms with Gasteiger partial charge in [-0.3, -0.25) is 0 Å². The quantitative estimate of drug-likeness (QED) is 0.508. The van der Waals surface area contributed by atoms with Crippen LogP contribution in [0.5, 0.6) is 0 Å². The minimum Gasteiger partial charge on any atom is -0.399 e. The molecule has 8 heteroatoms. The maximum Gasteiger partial charge on any atom is 0.241 e. The summed E-state index contributed by atoms with van der Waals surface area (Å²) in [6.07, 6.45) is 0.586. The standard InChI is InChI=1S/C12H19BrN2O4S/c1-18-7-8-19-6-2-5-15-20(16,17)12-9-10(14)3-4-11(12)13/h3-4,9,15H,2,5-8,14H2,1H3. The number of sulfonamides is 1. The Kier molecular flexibility index (Phi) is 7.46. The fourth-order valence-corrected chi connectivity index (χ4v) is 3.50. The number of anilines is 1. The first-order valence-electron chi connectivity index (χ1n) is 6.09. The summed E-state index contributed by atoms with van der Waals surface area (Å²) in [5.41, 5.74) is 6.00. The van der Waals surface area contributed by atoms with Crippen molar-refractivity contribution in [1.29, 1.82) is 0 Å². The predicted molar refractivity (Wildman–Crippen MR) is 81.1 cm³/mol. The topological polar surface area (TPSA) is 90.6 Å². The van der Waals surface area contributed by atoms with E-state index in [0.717, 1.165) is 0 Å². The molecule has 0 atom stereocenters. The lowest BCUT2D eigenvalue weighted by molar-refractivity contribution is 0.0699. The van der Waals surface area contributed by atoms with Crippen LogP contribution in [0.15, 0.2) is 27.6 Å². The Morgan fingerprint density at radius 2 is 2.05 bits per heavy atom. The van der Waals surface area contributed by atoms with Gasteiger partial charge >= 0.3 is 0 Å². The van der Waals surface area contributed by atoms with Crippen LogP contribution in [-0.4, -0.2) is 41.9 Å². The van der Waals surface area contributed by atoms with Gasteiger partial charge in [0.25, 0.3) is 0 Å². The maximum absolute atomic E-state index is 12.1. The average molecular weight is 367 g/mol. The SMILES string of the molecule is COCCOCCCNS(=O)(=O)c1cc(N)ccc1Br. The zero-order valence-electron chi connectivity index (χ0n) is 11.3. The van der Waals surface area contributed by atoms with Crippen LogP contribution in [0.3, 0.4) is 0 Å². The highest BCUT2D eigenvalue weighted by Crippen LogP contribution is 2.23. The number of hydrogen-bond donors (Lipinski definition) is 2. The second-order valence-corrected chi connectivity index (χ2v) is 6.64. The first-order chi connectivity index (χ1) is 9.47. The first-order valence-corrected chi connectivity index (χ1v) is 8.36. The summed E-state index contributed by atoms with van der Waals surface area (Å²) >= 11 is 3.20. The van der Waals surface area contributed by atoms with Gasteiger partial charge in [0.05, 0.1) is 18.1 Å². The minimum atomic E-state index is -3.57. The molecule has 0 fully saturated rings. The van der Waals surface area contributed by atoms with Gasteiger partial charge in [0.2, 0.25) is 10.0 Å². The first kappa shape index (κ1) is 17.4. The molecule has 0 unspecified atom stereocenters. The number of nitrogen functional groups attached to an aromatic ring is 1. The summed E-state index contributed by atoms with van der Waals surface area (Å²) in [5, 5.41) is 0. The lowest BCUT2D eigenvalue weighted by Crippen LogP contribution is -2.26. The summed E-state index contributed by atoms with van der Waals surface area (Å²) in [6.45, 7) is 1.81. The van der Waals surface area contributed by atoms with Crippen LogP contribution in [0.1, 0.15) is 6.42 Å². The summed E-state index contributed by atoms with van der Waals surface area (Å²) in [5.74, 6) is 0. The van der Waals surface area contributed by atoms with E-state index < -0.39 is 10.0 Å². The van der Waals surface area contributed by atoms with Gasteiger partial charge in [-0.2, -0.15) is 0 Å². The Morgan fingerprint density at radius 1 is 1.30 bits per heavy atom. The smallest absolute Gasteiger partial charge is 0.241 e. The van der Waals surface area contributed by atoms with Crippen molar-refractivity contribution in [2.45, 2.75) is 11.3 Å². The molecule has 3 N–H and O–H groups in total. The van der Waals surface area contributed by atoms with Crippen molar-refractivity contribution in [1.82, 2.24) is 4.72 Å². The second-order valence-electron chi connectivity index (χ2n) is 4.05. The molecule has 0 saturated carbocycles. The molecule has 0 aliphatic carbocycles. The number of nitrogens with two attached hydrogens (primary N) is 1. The van der Waals surface area contributed by atoms with Crippen molar-refractivity contribution in [3.05, 3.63) is 22.7 Å². The minimum absolute atomic E-state index is 0.137. The monoisotopic (exact) mass is 366 g/mol. The molecule has 0 aromatic heterocycles. The van der Waals surface area contributed by atoms with Gasteiger partial charge in [-0.25, -0.2) is 13.1 Å². The van der Waals surface area contributed by atoms with E-state index in [2.05, 4.69) is 20.7 Å². The van der Waals surface area contributed by atoms with E-state index in [1.807, 2.05) is 0 Å². The fourth-order valence-electron chi connectivity index (χ4n) is 1.43. The number of ether oxygens (including phenoxy) is 2. The largest absolute Gasteiger partial charge is 0.399 e. The Labute approximate surface area is 127 Å². The third-order valence-corrected chi connectivity index (χ3v) is 4.89. The Hall–Kier alpha value is -0.670. The molecule has 0 aliphatic rings. The zero-order valence-corrected chi connectivity index (χ0v) is 13.7. The van der Waals surface area contributed by atoms with E-state index in [1.54, 1.807) is 19.2 Å². The lowest BCUT2D eigenvalue weighted by atomic mass is 10.3. The Morgan fingerprint density at radius 3 is 2.75 bits per heavy atom. The second kappa shape index (κ2) is 8.58. The fraction of sp³-hybridized carbons (Fsp3) is 0.500. The highest BCUT2D eigenvalue weighted by molar-refractivity contribution is 9.10. The number of benzene rings is 1. The molecule has 0 saturated heterocycles. The van der Waals surface area contributed by atoms with Crippen molar-refractivity contribution < 1.29 is 17.9 Å². The molecule has 1 aromatic carbocycles. The van der Waals surface area contributed by atoms with Gasteiger partial charge in [0, 0.05) is 30.4 Å². The zero-order chi connectivity index (χ0) is 15.0. The van der Waals surface area contributed by atoms with Crippen molar-refractivity contribution in [3.8, 4) is 0 Å². The van der Waals surface area contributed by atoms with E-state index in [0.29, 0.717) is 42.9 Å². The Bertz CT molecular complexity index is 522. The molecule has 0 bridgehead atoms. The number of rotatable bonds is 9. The molecule has 0 amide bonds. The van der Waals surface area contributed by atoms with Crippen LogP contribution in [0, 0.1) is 0 Å². The molecule has 0 heterocycles. The third kappa shape index (κ3) is 5.76. The number of methoxy groups -OCH3 is 1. The molecule has 114 valence electrons. The van der Waals surface area contributed by atoms with Crippen LogP contribution >= 0.6 is 15.9 Å².